The van der Waals surface area contributed by atoms with Gasteiger partial charge >= 0.3 is 24.2 Å². The number of carboxylic acid groups (broad SMARTS) is 4. The average Bonchev–Trinajstić information content (AvgIpc) is 2.96. The molecule has 0 spiro atoms. The van der Waals surface area contributed by atoms with Gasteiger partial charge in [-0.2, -0.15) is 10.5 Å². The van der Waals surface area contributed by atoms with E-state index in [0.717, 1.165) is 25.7 Å². The fourth-order valence-electron chi connectivity index (χ4n) is 3.41. The molecule has 280 valence electrons. The van der Waals surface area contributed by atoms with Crippen molar-refractivity contribution in [3.63, 3.8) is 0 Å². The first-order chi connectivity index (χ1) is 19.9. The number of allylic oxidation sites excluding steroid dienone is 4. The van der Waals surface area contributed by atoms with E-state index in [9.17, 15) is 9.59 Å². The lowest BCUT2D eigenvalue weighted by Gasteiger charge is -2.04. The molecule has 2 aromatic carbocycles. The molecule has 0 bridgehead atoms. The van der Waals surface area contributed by atoms with Crippen LogP contribution in [0.25, 0.3) is 0 Å². The Bertz CT molecular complexity index is 1050. The highest BCUT2D eigenvalue weighted by atomic mass is 28.2. The molecular weight excluding hydrogens is 657 g/mol. The van der Waals surface area contributed by atoms with Crippen LogP contribution in [0.2, 0.25) is 0 Å². The van der Waals surface area contributed by atoms with Gasteiger partial charge in [0.25, 0.3) is 0 Å². The Morgan fingerprint density at radius 3 is 0.938 bits per heavy atom. The van der Waals surface area contributed by atoms with Crippen LogP contribution in [0.4, 0.5) is 9.59 Å². The van der Waals surface area contributed by atoms with Gasteiger partial charge in [0, 0.05) is 0 Å². The number of hydrogen-bond donors (Lipinski definition) is 6. The summed E-state index contributed by atoms with van der Waals surface area (Å²) < 4.78 is 0. The van der Waals surface area contributed by atoms with Crippen molar-refractivity contribution in [1.29, 1.82) is 0 Å². The zero-order valence-corrected chi connectivity index (χ0v) is 27.0. The van der Waals surface area contributed by atoms with Crippen molar-refractivity contribution in [2.75, 3.05) is 0 Å². The topological polar surface area (TPSA) is 208 Å². The van der Waals surface area contributed by atoms with Gasteiger partial charge in [0.1, 0.15) is 0 Å². The minimum Gasteiger partial charge on any atom is -0.450 e. The molecule has 0 aliphatic heterocycles. The van der Waals surface area contributed by atoms with Gasteiger partial charge < -0.3 is 20.4 Å². The second kappa shape index (κ2) is 38.9. The lowest BCUT2D eigenvalue weighted by molar-refractivity contribution is -0.182. The van der Waals surface area contributed by atoms with Gasteiger partial charge in [-0.1, -0.05) is 129 Å². The molecule has 0 saturated carbocycles. The zero-order chi connectivity index (χ0) is 32.5. The van der Waals surface area contributed by atoms with Crippen molar-refractivity contribution in [3.8, 4) is 0 Å². The van der Waals surface area contributed by atoms with E-state index >= 15 is 0 Å². The summed E-state index contributed by atoms with van der Waals surface area (Å²) in [6, 6.07) is 14.5. The van der Waals surface area contributed by atoms with Gasteiger partial charge in [-0.25, -0.2) is 19.2 Å². The molecule has 12 nitrogen and oxygen atoms in total. The molecule has 0 radical (unpaired) electrons. The Balaban J connectivity index is -0.0000000822. The Morgan fingerprint density at radius 2 is 0.771 bits per heavy atom. The van der Waals surface area contributed by atoms with Gasteiger partial charge in [-0.3, -0.25) is 9.78 Å². The number of rotatable bonds is 10. The lowest BCUT2D eigenvalue weighted by atomic mass is 10.2. The number of hydrogen-bond acceptors (Lipinski definition) is 8. The predicted octanol–water partition coefficient (Wildman–Crippen LogP) is 7.89. The van der Waals surface area contributed by atoms with Crippen molar-refractivity contribution in [3.05, 3.63) is 82.2 Å². The van der Waals surface area contributed by atoms with Crippen molar-refractivity contribution in [2.24, 2.45) is 0 Å². The monoisotopic (exact) mass is 720 g/mol. The molecule has 48 heavy (non-hydrogen) atoms. The number of carbonyl (C=O) groups is 4. The number of carbonyl (C=O) groups excluding carboxylic acids is 2. The first kappa shape index (κ1) is 62.6. The maximum absolute atomic E-state index is 11.0. The highest BCUT2D eigenvalue weighted by Gasteiger charge is 2.07. The van der Waals surface area contributed by atoms with Crippen LogP contribution >= 0.6 is 0 Å². The molecular formula is C34H64O12Si2. The lowest BCUT2D eigenvalue weighted by Crippen LogP contribution is -2.17. The van der Waals surface area contributed by atoms with Crippen molar-refractivity contribution in [2.45, 2.75) is 97.9 Å². The third-order valence-electron chi connectivity index (χ3n) is 5.30. The molecule has 0 aliphatic rings. The standard InChI is InChI=1S/2C13H18O3Si.2CH2O3.6CH4/c2*1-3-5-11(4-2)17-12-8-6-10(7-9-12)13(14)16-15;2*2-1(3)4;;;;;;/h2*5-9,15H,3-4,17H2,1-2H3;2*(H2,2,3,4);6*1H4. The first-order valence-corrected chi connectivity index (χ1v) is 15.8. The quantitative estimate of drug-likeness (QED) is 0.0787. The molecule has 0 saturated heterocycles. The third kappa shape index (κ3) is 33.1. The molecule has 0 atom stereocenters. The van der Waals surface area contributed by atoms with E-state index in [-0.39, 0.29) is 44.6 Å². The highest BCUT2D eigenvalue weighted by molar-refractivity contribution is 6.61. The Labute approximate surface area is 293 Å². The van der Waals surface area contributed by atoms with E-state index in [1.807, 2.05) is 24.3 Å². The molecule has 6 N–H and O–H groups in total. The molecule has 2 aromatic rings. The molecule has 0 aliphatic carbocycles. The summed E-state index contributed by atoms with van der Waals surface area (Å²) >= 11 is 0. The zero-order valence-electron chi connectivity index (χ0n) is 24.1. The molecule has 0 amide bonds. The fraction of sp³-hybridized carbons (Fsp3) is 0.412. The second-order valence-corrected chi connectivity index (χ2v) is 12.5. The largest absolute Gasteiger partial charge is 0.503 e. The summed E-state index contributed by atoms with van der Waals surface area (Å²) in [5.74, 6) is -1.42. The summed E-state index contributed by atoms with van der Waals surface area (Å²) in [4.78, 5) is 46.5. The van der Waals surface area contributed by atoms with Crippen LogP contribution in [0, 0.1) is 0 Å². The van der Waals surface area contributed by atoms with Crippen LogP contribution in [0.15, 0.2) is 71.1 Å². The maximum Gasteiger partial charge on any atom is 0.503 e. The molecule has 14 heteroatoms. The van der Waals surface area contributed by atoms with Crippen molar-refractivity contribution in [1.82, 2.24) is 0 Å². The minimum atomic E-state index is -1.83. The normalized spacial score (nSPS) is 9.54. The maximum atomic E-state index is 11.0. The molecule has 0 aromatic heterocycles. The van der Waals surface area contributed by atoms with Crippen LogP contribution < -0.4 is 10.4 Å². The van der Waals surface area contributed by atoms with Crippen LogP contribution in [0.5, 0.6) is 0 Å². The molecule has 0 fully saturated rings. The molecule has 2 rings (SSSR count). The first-order valence-electron chi connectivity index (χ1n) is 13.0. The van der Waals surface area contributed by atoms with E-state index in [0.29, 0.717) is 11.1 Å². The van der Waals surface area contributed by atoms with Gasteiger partial charge in [0.15, 0.2) is 0 Å². The average molecular weight is 721 g/mol. The Morgan fingerprint density at radius 1 is 0.542 bits per heavy atom. The van der Waals surface area contributed by atoms with Crippen molar-refractivity contribution < 1.29 is 59.9 Å². The van der Waals surface area contributed by atoms with E-state index in [1.54, 1.807) is 24.3 Å². The summed E-state index contributed by atoms with van der Waals surface area (Å²) in [5, 5.41) is 50.1. The van der Waals surface area contributed by atoms with E-state index in [4.69, 9.17) is 40.5 Å². The third-order valence-corrected chi connectivity index (χ3v) is 9.55. The summed E-state index contributed by atoms with van der Waals surface area (Å²) in [5.41, 5.74) is 0.755. The fourth-order valence-corrected chi connectivity index (χ4v) is 6.77. The van der Waals surface area contributed by atoms with Crippen LogP contribution in [0.3, 0.4) is 0 Å². The molecule has 0 unspecified atom stereocenters. The Kier molecular flexibility index (Phi) is 50.7. The van der Waals surface area contributed by atoms with Gasteiger partial charge in [-0.05, 0) is 49.9 Å². The van der Waals surface area contributed by atoms with Gasteiger partial charge in [0.2, 0.25) is 0 Å². The SMILES string of the molecule is C.C.C.C.C.C.CCC=C(CC)[SiH2]c1ccc(C(=O)OO)cc1.CCC=C(CC)[SiH2]c1ccc(C(=O)OO)cc1.O=C(O)O.O=C(O)O. The highest BCUT2D eigenvalue weighted by Crippen LogP contribution is 2.04. The van der Waals surface area contributed by atoms with E-state index < -0.39 is 43.3 Å². The van der Waals surface area contributed by atoms with Gasteiger partial charge in [0.05, 0.1) is 30.2 Å². The predicted molar refractivity (Wildman–Crippen MR) is 204 cm³/mol. The summed E-state index contributed by atoms with van der Waals surface area (Å²) in [6.07, 6.45) is 5.27. The van der Waals surface area contributed by atoms with E-state index in [2.05, 4.69) is 49.6 Å². The van der Waals surface area contributed by atoms with Crippen molar-refractivity contribution >= 4 is 53.7 Å². The summed E-state index contributed by atoms with van der Waals surface area (Å²) in [7, 11) is -0.818. The van der Waals surface area contributed by atoms with E-state index in [1.165, 1.54) is 20.8 Å². The summed E-state index contributed by atoms with van der Waals surface area (Å²) in [6.45, 7) is 8.63. The minimum absolute atomic E-state index is 0. The van der Waals surface area contributed by atoms with Gasteiger partial charge in [-0.15, -0.1) is 0 Å². The second-order valence-electron chi connectivity index (χ2n) is 8.32. The molecule has 0 heterocycles. The van der Waals surface area contributed by atoms with Crippen LogP contribution in [-0.2, 0) is 9.78 Å². The number of benzene rings is 2. The Hall–Kier alpha value is -4.25. The van der Waals surface area contributed by atoms with Crippen LogP contribution in [-0.4, -0.2) is 74.2 Å². The smallest absolute Gasteiger partial charge is 0.450 e. The van der Waals surface area contributed by atoms with Crippen LogP contribution in [0.1, 0.15) is 119 Å².